The van der Waals surface area contributed by atoms with Gasteiger partial charge in [0.25, 0.3) is 0 Å². The van der Waals surface area contributed by atoms with Gasteiger partial charge in [-0.25, -0.2) is 4.98 Å². The molecule has 2 aromatic rings. The quantitative estimate of drug-likeness (QED) is 0.492. The molecule has 0 unspecified atom stereocenters. The van der Waals surface area contributed by atoms with E-state index in [-0.39, 0.29) is 11.4 Å². The van der Waals surface area contributed by atoms with Crippen molar-refractivity contribution in [2.45, 2.75) is 0 Å². The van der Waals surface area contributed by atoms with Gasteiger partial charge in [-0.15, -0.1) is 0 Å². The number of ketones is 1. The molecule has 120 valence electrons. The third-order valence-electron chi connectivity index (χ3n) is 4.00. The van der Waals surface area contributed by atoms with Gasteiger partial charge in [0.05, 0.1) is 0 Å². The third-order valence-corrected chi connectivity index (χ3v) is 4.00. The average Bonchev–Trinajstić information content (AvgIpc) is 2.67. The summed E-state index contributed by atoms with van der Waals surface area (Å²) in [6, 6.07) is 16.8. The molecule has 1 aromatic carbocycles. The Hall–Kier alpha value is -3.13. The molecule has 5 heteroatoms. The number of rotatable bonds is 4. The molecule has 1 saturated heterocycles. The molecule has 0 atom stereocenters. The molecule has 1 fully saturated rings. The van der Waals surface area contributed by atoms with E-state index in [1.807, 2.05) is 35.2 Å². The molecule has 0 saturated carbocycles. The Morgan fingerprint density at radius 3 is 2.38 bits per heavy atom. The van der Waals surface area contributed by atoms with Crippen molar-refractivity contribution in [3.63, 3.8) is 0 Å². The van der Waals surface area contributed by atoms with Crippen LogP contribution >= 0.6 is 0 Å². The number of piperazine rings is 1. The number of hydrogen-bond donors (Lipinski definition) is 0. The molecule has 1 aliphatic heterocycles. The van der Waals surface area contributed by atoms with E-state index in [9.17, 15) is 10.1 Å². The highest BCUT2D eigenvalue weighted by atomic mass is 16.1. The van der Waals surface area contributed by atoms with Gasteiger partial charge in [0, 0.05) is 44.1 Å². The fraction of sp³-hybridized carbons (Fsp3) is 0.211. The van der Waals surface area contributed by atoms with Crippen LogP contribution in [-0.2, 0) is 0 Å². The van der Waals surface area contributed by atoms with E-state index in [0.717, 1.165) is 32.0 Å². The minimum Gasteiger partial charge on any atom is -0.373 e. The Morgan fingerprint density at radius 2 is 1.75 bits per heavy atom. The van der Waals surface area contributed by atoms with Gasteiger partial charge in [-0.3, -0.25) is 4.79 Å². The number of pyridine rings is 1. The van der Waals surface area contributed by atoms with Crippen molar-refractivity contribution in [2.75, 3.05) is 31.1 Å². The Bertz CT molecular complexity index is 757. The van der Waals surface area contributed by atoms with Gasteiger partial charge in [0.15, 0.2) is 0 Å². The molecule has 5 nitrogen and oxygen atoms in total. The molecule has 1 aromatic heterocycles. The number of aromatic nitrogens is 1. The van der Waals surface area contributed by atoms with Crippen molar-refractivity contribution < 1.29 is 4.79 Å². The van der Waals surface area contributed by atoms with Crippen LogP contribution in [0.2, 0.25) is 0 Å². The molecular weight excluding hydrogens is 300 g/mol. The van der Waals surface area contributed by atoms with Crippen molar-refractivity contribution >= 4 is 11.6 Å². The molecule has 0 aliphatic carbocycles. The topological polar surface area (TPSA) is 60.2 Å². The molecule has 2 heterocycles. The first-order chi connectivity index (χ1) is 11.8. The summed E-state index contributed by atoms with van der Waals surface area (Å²) in [5.41, 5.74) is 0.713. The van der Waals surface area contributed by atoms with E-state index >= 15 is 0 Å². The highest BCUT2D eigenvalue weighted by Crippen LogP contribution is 2.14. The Kier molecular flexibility index (Phi) is 4.87. The minimum absolute atomic E-state index is 0.174. The van der Waals surface area contributed by atoms with Crippen LogP contribution in [-0.4, -0.2) is 41.8 Å². The number of hydrogen-bond acceptors (Lipinski definition) is 5. The second-order valence-electron chi connectivity index (χ2n) is 5.56. The summed E-state index contributed by atoms with van der Waals surface area (Å²) >= 11 is 0. The summed E-state index contributed by atoms with van der Waals surface area (Å²) in [5.74, 6) is 0.729. The third kappa shape index (κ3) is 3.61. The highest BCUT2D eigenvalue weighted by molar-refractivity contribution is 6.11. The molecule has 0 bridgehead atoms. The van der Waals surface area contributed by atoms with Gasteiger partial charge in [0.1, 0.15) is 17.5 Å². The summed E-state index contributed by atoms with van der Waals surface area (Å²) in [7, 11) is 0. The van der Waals surface area contributed by atoms with Gasteiger partial charge in [-0.1, -0.05) is 36.4 Å². The molecule has 24 heavy (non-hydrogen) atoms. The second-order valence-corrected chi connectivity index (χ2v) is 5.56. The molecule has 0 radical (unpaired) electrons. The van der Waals surface area contributed by atoms with E-state index in [2.05, 4.69) is 9.88 Å². The summed E-state index contributed by atoms with van der Waals surface area (Å²) in [6.45, 7) is 3.13. The van der Waals surface area contributed by atoms with Crippen molar-refractivity contribution in [1.29, 1.82) is 5.26 Å². The first-order valence-electron chi connectivity index (χ1n) is 7.89. The first kappa shape index (κ1) is 15.8. The van der Waals surface area contributed by atoms with Gasteiger partial charge in [0.2, 0.25) is 5.78 Å². The summed E-state index contributed by atoms with van der Waals surface area (Å²) < 4.78 is 0. The molecule has 3 rings (SSSR count). The lowest BCUT2D eigenvalue weighted by Gasteiger charge is -2.34. The second kappa shape index (κ2) is 7.42. The van der Waals surface area contributed by atoms with Crippen LogP contribution in [0.1, 0.15) is 10.4 Å². The van der Waals surface area contributed by atoms with Crippen LogP contribution in [0.3, 0.4) is 0 Å². The highest BCUT2D eigenvalue weighted by Gasteiger charge is 2.18. The standard InChI is InChI=1S/C19H18N4O/c20-14-17(19(24)16-6-2-1-3-7-16)15-22-10-12-23(13-11-22)18-8-4-5-9-21-18/h1-9,15H,10-13H2/b17-15+. The smallest absolute Gasteiger partial charge is 0.205 e. The zero-order chi connectivity index (χ0) is 16.8. The van der Waals surface area contributed by atoms with E-state index in [0.29, 0.717) is 5.56 Å². The number of anilines is 1. The fourth-order valence-corrected chi connectivity index (χ4v) is 2.69. The lowest BCUT2D eigenvalue weighted by molar-refractivity contribution is 0.103. The maximum absolute atomic E-state index is 12.4. The Morgan fingerprint density at radius 1 is 1.04 bits per heavy atom. The van der Waals surface area contributed by atoms with Gasteiger partial charge >= 0.3 is 0 Å². The average molecular weight is 318 g/mol. The summed E-state index contributed by atoms with van der Waals surface area (Å²) in [6.07, 6.45) is 3.47. The fourth-order valence-electron chi connectivity index (χ4n) is 2.69. The van der Waals surface area contributed by atoms with Crippen LogP contribution in [0.4, 0.5) is 5.82 Å². The van der Waals surface area contributed by atoms with E-state index in [1.165, 1.54) is 0 Å². The molecule has 0 amide bonds. The largest absolute Gasteiger partial charge is 0.373 e. The van der Waals surface area contributed by atoms with Crippen molar-refractivity contribution in [3.8, 4) is 6.07 Å². The number of carbonyl (C=O) groups is 1. The Balaban J connectivity index is 1.66. The number of nitrogens with zero attached hydrogens (tertiary/aromatic N) is 4. The van der Waals surface area contributed by atoms with Crippen LogP contribution in [0.25, 0.3) is 0 Å². The molecule has 0 N–H and O–H groups in total. The van der Waals surface area contributed by atoms with Crippen molar-refractivity contribution in [2.24, 2.45) is 0 Å². The zero-order valence-corrected chi connectivity index (χ0v) is 13.3. The lowest BCUT2D eigenvalue weighted by atomic mass is 10.1. The van der Waals surface area contributed by atoms with E-state index in [4.69, 9.17) is 0 Å². The van der Waals surface area contributed by atoms with Gasteiger partial charge in [-0.2, -0.15) is 5.26 Å². The monoisotopic (exact) mass is 318 g/mol. The number of allylic oxidation sites excluding steroid dienone is 1. The zero-order valence-electron chi connectivity index (χ0n) is 13.3. The van der Waals surface area contributed by atoms with Crippen LogP contribution in [0.15, 0.2) is 66.5 Å². The van der Waals surface area contributed by atoms with E-state index in [1.54, 1.807) is 36.7 Å². The van der Waals surface area contributed by atoms with Crippen LogP contribution in [0, 0.1) is 11.3 Å². The van der Waals surface area contributed by atoms with Gasteiger partial charge < -0.3 is 9.80 Å². The summed E-state index contributed by atoms with van der Waals surface area (Å²) in [5, 5.41) is 9.33. The number of benzene rings is 1. The predicted octanol–water partition coefficient (Wildman–Crippen LogP) is 2.49. The molecule has 0 spiro atoms. The maximum atomic E-state index is 12.4. The maximum Gasteiger partial charge on any atom is 0.205 e. The lowest BCUT2D eigenvalue weighted by Crippen LogP contribution is -2.44. The molecular formula is C19H18N4O. The van der Waals surface area contributed by atoms with Crippen LogP contribution < -0.4 is 4.90 Å². The number of Topliss-reactive ketones (excluding diaryl/α,β-unsaturated/α-hetero) is 1. The predicted molar refractivity (Wildman–Crippen MR) is 92.5 cm³/mol. The Labute approximate surface area is 141 Å². The van der Waals surface area contributed by atoms with Crippen LogP contribution in [0.5, 0.6) is 0 Å². The minimum atomic E-state index is -0.231. The van der Waals surface area contributed by atoms with Crippen molar-refractivity contribution in [3.05, 3.63) is 72.1 Å². The summed E-state index contributed by atoms with van der Waals surface area (Å²) in [4.78, 5) is 21.0. The first-order valence-corrected chi connectivity index (χ1v) is 7.89. The number of nitriles is 1. The van der Waals surface area contributed by atoms with E-state index < -0.39 is 0 Å². The molecule has 1 aliphatic rings. The number of carbonyl (C=O) groups excluding carboxylic acids is 1. The van der Waals surface area contributed by atoms with Gasteiger partial charge in [-0.05, 0) is 12.1 Å². The SMILES string of the molecule is N#C/C(=C\N1CCN(c2ccccn2)CC1)C(=O)c1ccccc1. The van der Waals surface area contributed by atoms with Crippen molar-refractivity contribution in [1.82, 2.24) is 9.88 Å². The normalized spacial score (nSPS) is 15.0.